The summed E-state index contributed by atoms with van der Waals surface area (Å²) in [6.45, 7) is 2.09. The number of hydrogen-bond acceptors (Lipinski definition) is 2. The number of aromatic carboxylic acids is 1. The number of nitrogens with zero attached hydrogens (tertiary/aromatic N) is 2. The molecule has 1 N–H and O–H groups in total. The lowest BCUT2D eigenvalue weighted by atomic mass is 10.1. The zero-order chi connectivity index (χ0) is 10.8. The third kappa shape index (κ3) is 2.04. The van der Waals surface area contributed by atoms with E-state index in [0.29, 0.717) is 11.7 Å². The van der Waals surface area contributed by atoms with Gasteiger partial charge < -0.3 is 14.6 Å². The van der Waals surface area contributed by atoms with Crippen LogP contribution in [-0.2, 0) is 0 Å². The van der Waals surface area contributed by atoms with Crippen molar-refractivity contribution in [3.8, 4) is 0 Å². The number of hydrogen-bond donors (Lipinski definition) is 1. The van der Waals surface area contributed by atoms with Gasteiger partial charge in [0.2, 0.25) is 0 Å². The second-order valence-corrected chi connectivity index (χ2v) is 4.14. The molecular weight excluding hydrogens is 192 g/mol. The highest BCUT2D eigenvalue weighted by atomic mass is 16.4. The molecule has 0 spiro atoms. The topological polar surface area (TPSA) is 45.5 Å². The van der Waals surface area contributed by atoms with E-state index in [0.717, 1.165) is 25.9 Å². The summed E-state index contributed by atoms with van der Waals surface area (Å²) in [5.41, 5.74) is 0.407. The van der Waals surface area contributed by atoms with Gasteiger partial charge in [-0.3, -0.25) is 0 Å². The third-order valence-electron chi connectivity index (χ3n) is 3.08. The Hall–Kier alpha value is -1.29. The second-order valence-electron chi connectivity index (χ2n) is 4.14. The Morgan fingerprint density at radius 3 is 2.73 bits per heavy atom. The average molecular weight is 208 g/mol. The highest BCUT2D eigenvalue weighted by molar-refractivity contribution is 5.85. The zero-order valence-corrected chi connectivity index (χ0v) is 8.89. The van der Waals surface area contributed by atoms with Crippen LogP contribution in [0.2, 0.25) is 0 Å². The summed E-state index contributed by atoms with van der Waals surface area (Å²) in [5.74, 6) is -0.834. The molecule has 0 bridgehead atoms. The van der Waals surface area contributed by atoms with Gasteiger partial charge in [0.25, 0.3) is 0 Å². The number of likely N-dealkylation sites (tertiary alicyclic amines) is 1. The first-order valence-corrected chi connectivity index (χ1v) is 5.27. The van der Waals surface area contributed by atoms with Crippen molar-refractivity contribution in [2.75, 3.05) is 20.1 Å². The van der Waals surface area contributed by atoms with Crippen molar-refractivity contribution in [3.63, 3.8) is 0 Å². The molecule has 4 heteroatoms. The fraction of sp³-hybridized carbons (Fsp3) is 0.545. The van der Waals surface area contributed by atoms with Gasteiger partial charge in [-0.05, 0) is 45.1 Å². The highest BCUT2D eigenvalue weighted by Gasteiger charge is 2.21. The molecule has 2 rings (SSSR count). The smallest absolute Gasteiger partial charge is 0.352 e. The SMILES string of the molecule is CN1CCC(n2cccc2C(=O)O)CC1. The molecule has 4 nitrogen and oxygen atoms in total. The number of rotatable bonds is 2. The minimum atomic E-state index is -0.834. The van der Waals surface area contributed by atoms with Crippen molar-refractivity contribution in [1.29, 1.82) is 0 Å². The first-order valence-electron chi connectivity index (χ1n) is 5.27. The Bertz CT molecular complexity index is 351. The standard InChI is InChI=1S/C11H16N2O2/c1-12-7-4-9(5-8-12)13-6-2-3-10(13)11(14)15/h2-3,6,9H,4-5,7-8H2,1H3,(H,14,15). The molecule has 0 atom stereocenters. The van der Waals surface area contributed by atoms with Crippen LogP contribution < -0.4 is 0 Å². The minimum Gasteiger partial charge on any atom is -0.477 e. The summed E-state index contributed by atoms with van der Waals surface area (Å²) in [7, 11) is 2.10. The van der Waals surface area contributed by atoms with Crippen molar-refractivity contribution >= 4 is 5.97 Å². The fourth-order valence-electron chi connectivity index (χ4n) is 2.17. The molecule has 0 radical (unpaired) electrons. The van der Waals surface area contributed by atoms with E-state index < -0.39 is 5.97 Å². The molecule has 1 aromatic heterocycles. The predicted molar refractivity (Wildman–Crippen MR) is 57.2 cm³/mol. The number of carboxylic acids is 1. The Morgan fingerprint density at radius 1 is 1.47 bits per heavy atom. The number of aromatic nitrogens is 1. The highest BCUT2D eigenvalue weighted by Crippen LogP contribution is 2.23. The molecule has 0 aliphatic carbocycles. The summed E-state index contributed by atoms with van der Waals surface area (Å²) < 4.78 is 1.90. The number of carbonyl (C=O) groups is 1. The lowest BCUT2D eigenvalue weighted by molar-refractivity contribution is 0.0679. The maximum absolute atomic E-state index is 11.0. The number of carboxylic acid groups (broad SMARTS) is 1. The molecule has 15 heavy (non-hydrogen) atoms. The van der Waals surface area contributed by atoms with Crippen LogP contribution in [0.4, 0.5) is 0 Å². The zero-order valence-electron chi connectivity index (χ0n) is 8.89. The maximum atomic E-state index is 11.0. The van der Waals surface area contributed by atoms with E-state index in [9.17, 15) is 4.79 Å². The third-order valence-corrected chi connectivity index (χ3v) is 3.08. The van der Waals surface area contributed by atoms with Crippen LogP contribution in [0.3, 0.4) is 0 Å². The number of piperidine rings is 1. The molecule has 0 amide bonds. The van der Waals surface area contributed by atoms with Gasteiger partial charge in [-0.2, -0.15) is 0 Å². The summed E-state index contributed by atoms with van der Waals surface area (Å²) >= 11 is 0. The van der Waals surface area contributed by atoms with Crippen molar-refractivity contribution in [2.24, 2.45) is 0 Å². The maximum Gasteiger partial charge on any atom is 0.352 e. The summed E-state index contributed by atoms with van der Waals surface area (Å²) in [4.78, 5) is 13.2. The molecule has 1 aliphatic rings. The molecule has 1 aliphatic heterocycles. The van der Waals surface area contributed by atoms with E-state index in [1.807, 2.05) is 16.8 Å². The van der Waals surface area contributed by atoms with Gasteiger partial charge in [0.05, 0.1) is 0 Å². The van der Waals surface area contributed by atoms with Crippen molar-refractivity contribution in [3.05, 3.63) is 24.0 Å². The second kappa shape index (κ2) is 4.06. The van der Waals surface area contributed by atoms with Gasteiger partial charge >= 0.3 is 5.97 Å². The lowest BCUT2D eigenvalue weighted by Crippen LogP contribution is -2.32. The van der Waals surface area contributed by atoms with E-state index in [-0.39, 0.29) is 0 Å². The van der Waals surface area contributed by atoms with Crippen LogP contribution in [0, 0.1) is 0 Å². The quantitative estimate of drug-likeness (QED) is 0.800. The summed E-state index contributed by atoms with van der Waals surface area (Å²) in [6.07, 6.45) is 3.94. The molecule has 0 unspecified atom stereocenters. The molecule has 1 aromatic rings. The normalized spacial score (nSPS) is 19.3. The van der Waals surface area contributed by atoms with E-state index in [1.54, 1.807) is 6.07 Å². The summed E-state index contributed by atoms with van der Waals surface area (Å²) in [5, 5.41) is 9.01. The summed E-state index contributed by atoms with van der Waals surface area (Å²) in [6, 6.07) is 3.82. The molecular formula is C11H16N2O2. The van der Waals surface area contributed by atoms with Gasteiger partial charge in [0.1, 0.15) is 5.69 Å². The lowest BCUT2D eigenvalue weighted by Gasteiger charge is -2.30. The Balaban J connectivity index is 2.15. The Labute approximate surface area is 89.1 Å². The largest absolute Gasteiger partial charge is 0.477 e. The van der Waals surface area contributed by atoms with Gasteiger partial charge in [-0.1, -0.05) is 0 Å². The van der Waals surface area contributed by atoms with Gasteiger partial charge in [-0.15, -0.1) is 0 Å². The van der Waals surface area contributed by atoms with Crippen LogP contribution >= 0.6 is 0 Å². The molecule has 2 heterocycles. The molecule has 0 aromatic carbocycles. The first kappa shape index (κ1) is 10.2. The van der Waals surface area contributed by atoms with E-state index in [4.69, 9.17) is 5.11 Å². The van der Waals surface area contributed by atoms with E-state index in [2.05, 4.69) is 11.9 Å². The van der Waals surface area contributed by atoms with Gasteiger partial charge in [0, 0.05) is 12.2 Å². The molecule has 0 saturated carbocycles. The van der Waals surface area contributed by atoms with Crippen LogP contribution in [0.1, 0.15) is 29.4 Å². The van der Waals surface area contributed by atoms with Crippen LogP contribution in [0.5, 0.6) is 0 Å². The van der Waals surface area contributed by atoms with E-state index >= 15 is 0 Å². The average Bonchev–Trinajstić information content (AvgIpc) is 2.67. The van der Waals surface area contributed by atoms with E-state index in [1.165, 1.54) is 0 Å². The Morgan fingerprint density at radius 2 is 2.13 bits per heavy atom. The Kier molecular flexibility index (Phi) is 2.77. The van der Waals surface area contributed by atoms with Crippen LogP contribution in [0.15, 0.2) is 18.3 Å². The minimum absolute atomic E-state index is 0.349. The van der Waals surface area contributed by atoms with Gasteiger partial charge in [0.15, 0.2) is 0 Å². The molecule has 1 saturated heterocycles. The van der Waals surface area contributed by atoms with Crippen molar-refractivity contribution in [2.45, 2.75) is 18.9 Å². The molecule has 1 fully saturated rings. The van der Waals surface area contributed by atoms with Gasteiger partial charge in [-0.25, -0.2) is 4.79 Å². The fourth-order valence-corrected chi connectivity index (χ4v) is 2.17. The molecule has 82 valence electrons. The van der Waals surface area contributed by atoms with Crippen molar-refractivity contribution < 1.29 is 9.90 Å². The van der Waals surface area contributed by atoms with Crippen molar-refractivity contribution in [1.82, 2.24) is 9.47 Å². The first-order chi connectivity index (χ1) is 7.18. The van der Waals surface area contributed by atoms with Crippen LogP contribution in [0.25, 0.3) is 0 Å². The predicted octanol–water partition coefficient (Wildman–Crippen LogP) is 1.45. The monoisotopic (exact) mass is 208 g/mol. The van der Waals surface area contributed by atoms with Crippen LogP contribution in [-0.4, -0.2) is 40.7 Å².